The van der Waals surface area contributed by atoms with E-state index in [4.69, 9.17) is 14.2 Å². The van der Waals surface area contributed by atoms with E-state index in [2.05, 4.69) is 9.97 Å². The van der Waals surface area contributed by atoms with Crippen molar-refractivity contribution in [2.24, 2.45) is 0 Å². The van der Waals surface area contributed by atoms with Crippen molar-refractivity contribution in [3.8, 4) is 17.2 Å². The molecule has 2 aromatic rings. The molecule has 0 bridgehead atoms. The number of nitrogens with zero attached hydrogens (tertiary/aromatic N) is 4. The molecule has 1 fully saturated rings. The van der Waals surface area contributed by atoms with Crippen LogP contribution in [0, 0.1) is 0 Å². The number of benzene rings is 1. The van der Waals surface area contributed by atoms with Gasteiger partial charge in [0.25, 0.3) is 11.8 Å². The summed E-state index contributed by atoms with van der Waals surface area (Å²) in [7, 11) is 4.51. The van der Waals surface area contributed by atoms with E-state index in [9.17, 15) is 9.59 Å². The van der Waals surface area contributed by atoms with E-state index in [1.807, 2.05) is 0 Å². The van der Waals surface area contributed by atoms with Crippen LogP contribution in [0.2, 0.25) is 0 Å². The summed E-state index contributed by atoms with van der Waals surface area (Å²) in [6.07, 6.45) is 4.44. The van der Waals surface area contributed by atoms with Crippen molar-refractivity contribution >= 4 is 11.8 Å². The van der Waals surface area contributed by atoms with Crippen molar-refractivity contribution in [1.29, 1.82) is 0 Å². The molecule has 148 valence electrons. The molecule has 2 heterocycles. The zero-order chi connectivity index (χ0) is 20.1. The number of aromatic nitrogens is 2. The van der Waals surface area contributed by atoms with Gasteiger partial charge in [0, 0.05) is 44.1 Å². The van der Waals surface area contributed by atoms with Crippen molar-refractivity contribution in [1.82, 2.24) is 19.8 Å². The van der Waals surface area contributed by atoms with E-state index in [0.717, 1.165) is 0 Å². The minimum atomic E-state index is -0.187. The Kier molecular flexibility index (Phi) is 5.93. The highest BCUT2D eigenvalue weighted by Gasteiger charge is 2.27. The van der Waals surface area contributed by atoms with Gasteiger partial charge in [-0.25, -0.2) is 4.98 Å². The van der Waals surface area contributed by atoms with Crippen LogP contribution in [0.1, 0.15) is 20.8 Å². The molecule has 9 nitrogen and oxygen atoms in total. The number of amides is 2. The van der Waals surface area contributed by atoms with E-state index >= 15 is 0 Å². The van der Waals surface area contributed by atoms with E-state index < -0.39 is 0 Å². The Hall–Kier alpha value is -3.36. The Morgan fingerprint density at radius 3 is 1.89 bits per heavy atom. The predicted molar refractivity (Wildman–Crippen MR) is 99.9 cm³/mol. The van der Waals surface area contributed by atoms with Gasteiger partial charge in [0.05, 0.1) is 27.5 Å². The lowest BCUT2D eigenvalue weighted by molar-refractivity contribution is 0.0531. The third-order valence-electron chi connectivity index (χ3n) is 4.55. The van der Waals surface area contributed by atoms with Crippen LogP contribution >= 0.6 is 0 Å². The zero-order valence-electron chi connectivity index (χ0n) is 16.0. The maximum Gasteiger partial charge on any atom is 0.274 e. The van der Waals surface area contributed by atoms with Gasteiger partial charge in [0.15, 0.2) is 11.5 Å². The number of methoxy groups -OCH3 is 3. The topological polar surface area (TPSA) is 94.1 Å². The summed E-state index contributed by atoms with van der Waals surface area (Å²) in [4.78, 5) is 36.7. The molecule has 0 saturated carbocycles. The zero-order valence-corrected chi connectivity index (χ0v) is 16.0. The highest BCUT2D eigenvalue weighted by Crippen LogP contribution is 2.38. The van der Waals surface area contributed by atoms with E-state index in [-0.39, 0.29) is 11.8 Å². The van der Waals surface area contributed by atoms with Crippen LogP contribution in [0.3, 0.4) is 0 Å². The molecule has 0 atom stereocenters. The molecule has 1 aliphatic heterocycles. The quantitative estimate of drug-likeness (QED) is 0.759. The number of carbonyl (C=O) groups is 2. The number of rotatable bonds is 5. The number of hydrogen-bond acceptors (Lipinski definition) is 7. The maximum absolute atomic E-state index is 12.9. The Morgan fingerprint density at radius 1 is 0.857 bits per heavy atom. The Morgan fingerprint density at radius 2 is 1.43 bits per heavy atom. The fraction of sp³-hybridized carbons (Fsp3) is 0.368. The molecule has 2 amide bonds. The number of piperazine rings is 1. The van der Waals surface area contributed by atoms with Gasteiger partial charge in [0.1, 0.15) is 5.69 Å². The van der Waals surface area contributed by atoms with Crippen molar-refractivity contribution < 1.29 is 23.8 Å². The standard InChI is InChI=1S/C19H22N4O5/c1-26-15-10-13(11-16(27-2)17(15)28-3)18(24)22-6-8-23(9-7-22)19(25)14-12-20-4-5-21-14/h4-5,10-12H,6-9H2,1-3H3. The number of ether oxygens (including phenoxy) is 3. The molecule has 1 saturated heterocycles. The molecule has 1 aromatic carbocycles. The summed E-state index contributed by atoms with van der Waals surface area (Å²) < 4.78 is 15.9. The highest BCUT2D eigenvalue weighted by molar-refractivity contribution is 5.96. The van der Waals surface area contributed by atoms with Crippen molar-refractivity contribution in [3.05, 3.63) is 42.0 Å². The fourth-order valence-corrected chi connectivity index (χ4v) is 3.07. The average Bonchev–Trinajstić information content (AvgIpc) is 2.77. The summed E-state index contributed by atoms with van der Waals surface area (Å²) in [6, 6.07) is 3.25. The lowest BCUT2D eigenvalue weighted by Gasteiger charge is -2.34. The molecular formula is C19H22N4O5. The first-order chi connectivity index (χ1) is 13.6. The van der Waals surface area contributed by atoms with Crippen molar-refractivity contribution in [3.63, 3.8) is 0 Å². The van der Waals surface area contributed by atoms with Crippen LogP contribution < -0.4 is 14.2 Å². The van der Waals surface area contributed by atoms with E-state index in [0.29, 0.717) is 54.7 Å². The summed E-state index contributed by atoms with van der Waals surface area (Å²) in [5, 5.41) is 0. The molecule has 0 aliphatic carbocycles. The van der Waals surface area contributed by atoms with Crippen molar-refractivity contribution in [2.45, 2.75) is 0 Å². The first-order valence-electron chi connectivity index (χ1n) is 8.73. The van der Waals surface area contributed by atoms with Gasteiger partial charge in [-0.1, -0.05) is 0 Å². The first-order valence-corrected chi connectivity index (χ1v) is 8.73. The number of carbonyl (C=O) groups excluding carboxylic acids is 2. The lowest BCUT2D eigenvalue weighted by Crippen LogP contribution is -2.50. The maximum atomic E-state index is 12.9. The van der Waals surface area contributed by atoms with Crippen LogP contribution in [-0.2, 0) is 0 Å². The Balaban J connectivity index is 1.71. The summed E-state index contributed by atoms with van der Waals surface area (Å²) >= 11 is 0. The minimum Gasteiger partial charge on any atom is -0.493 e. The van der Waals surface area contributed by atoms with Gasteiger partial charge in [0.2, 0.25) is 5.75 Å². The van der Waals surface area contributed by atoms with Crippen molar-refractivity contribution in [2.75, 3.05) is 47.5 Å². The number of hydrogen-bond donors (Lipinski definition) is 0. The fourth-order valence-electron chi connectivity index (χ4n) is 3.07. The van der Waals surface area contributed by atoms with Gasteiger partial charge in [-0.05, 0) is 12.1 Å². The van der Waals surface area contributed by atoms with Crippen LogP contribution in [0.25, 0.3) is 0 Å². The van der Waals surface area contributed by atoms with E-state index in [1.54, 1.807) is 21.9 Å². The molecule has 0 N–H and O–H groups in total. The normalized spacial score (nSPS) is 13.8. The van der Waals surface area contributed by atoms with Gasteiger partial charge < -0.3 is 24.0 Å². The SMILES string of the molecule is COc1cc(C(=O)N2CCN(C(=O)c3cnccn3)CC2)cc(OC)c1OC. The van der Waals surface area contributed by atoms with Crippen LogP contribution in [0.5, 0.6) is 17.2 Å². The predicted octanol–water partition coefficient (Wildman–Crippen LogP) is 1.10. The van der Waals surface area contributed by atoms with E-state index in [1.165, 1.54) is 39.9 Å². The smallest absolute Gasteiger partial charge is 0.274 e. The van der Waals surface area contributed by atoms with Gasteiger partial charge >= 0.3 is 0 Å². The third-order valence-corrected chi connectivity index (χ3v) is 4.55. The third kappa shape index (κ3) is 3.83. The van der Waals surface area contributed by atoms with Crippen LogP contribution in [-0.4, -0.2) is 79.1 Å². The lowest BCUT2D eigenvalue weighted by atomic mass is 10.1. The average molecular weight is 386 g/mol. The molecule has 0 radical (unpaired) electrons. The largest absolute Gasteiger partial charge is 0.493 e. The van der Waals surface area contributed by atoms with Crippen LogP contribution in [0.4, 0.5) is 0 Å². The molecule has 1 aliphatic rings. The second kappa shape index (κ2) is 8.55. The second-order valence-electron chi connectivity index (χ2n) is 6.09. The summed E-state index contributed by atoms with van der Waals surface area (Å²) in [6.45, 7) is 1.68. The minimum absolute atomic E-state index is 0.161. The van der Waals surface area contributed by atoms with Gasteiger partial charge in [-0.3, -0.25) is 14.6 Å². The Bertz CT molecular complexity index is 826. The molecule has 9 heteroatoms. The molecule has 28 heavy (non-hydrogen) atoms. The van der Waals surface area contributed by atoms with Gasteiger partial charge in [-0.15, -0.1) is 0 Å². The molecular weight excluding hydrogens is 364 g/mol. The molecule has 1 aromatic heterocycles. The molecule has 0 unspecified atom stereocenters. The summed E-state index contributed by atoms with van der Waals surface area (Å²) in [5.74, 6) is 0.920. The highest BCUT2D eigenvalue weighted by atomic mass is 16.5. The summed E-state index contributed by atoms with van der Waals surface area (Å²) in [5.41, 5.74) is 0.732. The first kappa shape index (κ1) is 19.4. The second-order valence-corrected chi connectivity index (χ2v) is 6.09. The molecule has 0 spiro atoms. The Labute approximate surface area is 162 Å². The van der Waals surface area contributed by atoms with Gasteiger partial charge in [-0.2, -0.15) is 0 Å². The monoisotopic (exact) mass is 386 g/mol. The molecule has 3 rings (SSSR count). The van der Waals surface area contributed by atoms with Crippen LogP contribution in [0.15, 0.2) is 30.7 Å².